The van der Waals surface area contributed by atoms with Crippen LogP contribution >= 0.6 is 23.2 Å². The first-order chi connectivity index (χ1) is 8.12. The highest BCUT2D eigenvalue weighted by molar-refractivity contribution is 6.37. The van der Waals surface area contributed by atoms with E-state index >= 15 is 0 Å². The predicted molar refractivity (Wildman–Crippen MR) is 69.9 cm³/mol. The van der Waals surface area contributed by atoms with Crippen LogP contribution in [0.15, 0.2) is 24.5 Å². The molecular weight excluding hydrogens is 259 g/mol. The molecule has 0 saturated heterocycles. The van der Waals surface area contributed by atoms with Gasteiger partial charge in [0.25, 0.3) is 0 Å². The Labute approximate surface area is 111 Å². The summed E-state index contributed by atoms with van der Waals surface area (Å²) in [6, 6.07) is 5.37. The highest BCUT2D eigenvalue weighted by Gasteiger charge is 2.36. The first-order valence-corrected chi connectivity index (χ1v) is 6.39. The van der Waals surface area contributed by atoms with Crippen LogP contribution in [0.25, 0.3) is 5.76 Å². The molecule has 1 aliphatic heterocycles. The van der Waals surface area contributed by atoms with Gasteiger partial charge in [-0.2, -0.15) is 0 Å². The number of hydrogen-bond acceptors (Lipinski definition) is 2. The lowest BCUT2D eigenvalue weighted by atomic mass is 10.1. The van der Waals surface area contributed by atoms with Crippen molar-refractivity contribution < 1.29 is 9.47 Å². The van der Waals surface area contributed by atoms with Crippen LogP contribution in [0.5, 0.6) is 0 Å². The molecule has 2 rings (SSSR count). The fraction of sp³-hybridized carbons (Fsp3) is 0.385. The molecule has 1 aliphatic rings. The molecule has 2 nitrogen and oxygen atoms in total. The fourth-order valence-corrected chi connectivity index (χ4v) is 2.40. The molecule has 1 heterocycles. The van der Waals surface area contributed by atoms with Crippen molar-refractivity contribution in [3.63, 3.8) is 0 Å². The van der Waals surface area contributed by atoms with Gasteiger partial charge in [-0.3, -0.25) is 0 Å². The lowest BCUT2D eigenvalue weighted by molar-refractivity contribution is -0.138. The molecule has 0 radical (unpaired) electrons. The van der Waals surface area contributed by atoms with Crippen LogP contribution in [0.2, 0.25) is 10.0 Å². The molecule has 1 aromatic rings. The second-order valence-corrected chi connectivity index (χ2v) is 4.73. The van der Waals surface area contributed by atoms with Gasteiger partial charge in [-0.05, 0) is 12.1 Å². The van der Waals surface area contributed by atoms with Crippen LogP contribution in [0.4, 0.5) is 0 Å². The van der Waals surface area contributed by atoms with Crippen LogP contribution in [-0.2, 0) is 9.47 Å². The van der Waals surface area contributed by atoms with E-state index in [1.165, 1.54) is 0 Å². The van der Waals surface area contributed by atoms with E-state index < -0.39 is 5.79 Å². The highest BCUT2D eigenvalue weighted by atomic mass is 35.5. The molecule has 0 spiro atoms. The van der Waals surface area contributed by atoms with Crippen LogP contribution in [0.1, 0.15) is 32.3 Å². The summed E-state index contributed by atoms with van der Waals surface area (Å²) in [6.07, 6.45) is 3.14. The van der Waals surface area contributed by atoms with Gasteiger partial charge in [0.2, 0.25) is 5.79 Å². The van der Waals surface area contributed by atoms with E-state index in [0.29, 0.717) is 21.4 Å². The van der Waals surface area contributed by atoms with E-state index in [2.05, 4.69) is 0 Å². The Bertz CT molecular complexity index is 430. The Balaban J connectivity index is 2.32. The van der Waals surface area contributed by atoms with Gasteiger partial charge in [0.05, 0.1) is 15.6 Å². The Kier molecular flexibility index (Phi) is 3.55. The molecule has 92 valence electrons. The van der Waals surface area contributed by atoms with Crippen molar-refractivity contribution in [2.45, 2.75) is 32.5 Å². The van der Waals surface area contributed by atoms with Crippen LogP contribution in [0.3, 0.4) is 0 Å². The second-order valence-electron chi connectivity index (χ2n) is 3.92. The molecule has 0 amide bonds. The summed E-state index contributed by atoms with van der Waals surface area (Å²) in [4.78, 5) is 0. The molecular formula is C13H14Cl2O2. The Morgan fingerprint density at radius 3 is 2.18 bits per heavy atom. The van der Waals surface area contributed by atoms with Gasteiger partial charge in [-0.1, -0.05) is 43.1 Å². The van der Waals surface area contributed by atoms with E-state index in [4.69, 9.17) is 32.7 Å². The topological polar surface area (TPSA) is 18.5 Å². The molecule has 0 saturated carbocycles. The fourth-order valence-electron chi connectivity index (χ4n) is 1.81. The summed E-state index contributed by atoms with van der Waals surface area (Å²) in [5.74, 6) is 0.0296. The lowest BCUT2D eigenvalue weighted by Gasteiger charge is -2.25. The smallest absolute Gasteiger partial charge is 0.250 e. The molecule has 17 heavy (non-hydrogen) atoms. The van der Waals surface area contributed by atoms with Gasteiger partial charge in [-0.25, -0.2) is 0 Å². The molecule has 0 aromatic heterocycles. The maximum absolute atomic E-state index is 6.13. The number of ether oxygens (including phenoxy) is 2. The molecule has 4 heteroatoms. The van der Waals surface area contributed by atoms with Crippen molar-refractivity contribution >= 4 is 29.0 Å². The van der Waals surface area contributed by atoms with Crippen molar-refractivity contribution in [3.8, 4) is 0 Å². The average molecular weight is 273 g/mol. The minimum Gasteiger partial charge on any atom is -0.456 e. The van der Waals surface area contributed by atoms with Crippen molar-refractivity contribution in [1.29, 1.82) is 0 Å². The summed E-state index contributed by atoms with van der Waals surface area (Å²) in [5, 5.41) is 1.13. The second kappa shape index (κ2) is 4.79. The molecule has 0 fully saturated rings. The minimum atomic E-state index is -0.572. The van der Waals surface area contributed by atoms with Crippen molar-refractivity contribution in [2.24, 2.45) is 0 Å². The quantitative estimate of drug-likeness (QED) is 0.783. The van der Waals surface area contributed by atoms with Crippen molar-refractivity contribution in [1.82, 2.24) is 0 Å². The van der Waals surface area contributed by atoms with Gasteiger partial charge in [0.15, 0.2) is 5.76 Å². The molecule has 0 aliphatic carbocycles. The van der Waals surface area contributed by atoms with Gasteiger partial charge in [0.1, 0.15) is 6.26 Å². The van der Waals surface area contributed by atoms with Gasteiger partial charge in [-0.15, -0.1) is 0 Å². The number of hydrogen-bond donors (Lipinski definition) is 0. The largest absolute Gasteiger partial charge is 0.456 e. The Hall–Kier alpha value is -0.860. The highest BCUT2D eigenvalue weighted by Crippen LogP contribution is 2.40. The standard InChI is InChI=1S/C13H14Cl2O2/c1-3-13(4-2)16-8-11(17-13)12-9(14)6-5-7-10(12)15/h5-8H,3-4H2,1-2H3. The van der Waals surface area contributed by atoms with E-state index in [0.717, 1.165) is 12.8 Å². The molecule has 0 N–H and O–H groups in total. The zero-order chi connectivity index (χ0) is 12.5. The third-order valence-electron chi connectivity index (χ3n) is 2.96. The van der Waals surface area contributed by atoms with Crippen LogP contribution < -0.4 is 0 Å². The van der Waals surface area contributed by atoms with E-state index in [1.54, 1.807) is 24.5 Å². The molecule has 1 aromatic carbocycles. The van der Waals surface area contributed by atoms with Gasteiger partial charge >= 0.3 is 0 Å². The van der Waals surface area contributed by atoms with Crippen molar-refractivity contribution in [2.75, 3.05) is 0 Å². The summed E-state index contributed by atoms with van der Waals surface area (Å²) in [7, 11) is 0. The maximum Gasteiger partial charge on any atom is 0.250 e. The van der Waals surface area contributed by atoms with E-state index in [1.807, 2.05) is 13.8 Å². The number of halogens is 2. The molecule has 0 unspecified atom stereocenters. The SMILES string of the molecule is CCC1(CC)OC=C(c2c(Cl)cccc2Cl)O1. The normalized spacial score (nSPS) is 17.3. The monoisotopic (exact) mass is 272 g/mol. The lowest BCUT2D eigenvalue weighted by Crippen LogP contribution is -2.28. The van der Waals surface area contributed by atoms with Crippen LogP contribution in [0, 0.1) is 0 Å². The van der Waals surface area contributed by atoms with Gasteiger partial charge < -0.3 is 9.47 Å². The summed E-state index contributed by atoms with van der Waals surface area (Å²) >= 11 is 12.3. The molecule has 0 atom stereocenters. The Morgan fingerprint density at radius 1 is 1.12 bits per heavy atom. The maximum atomic E-state index is 6.13. The van der Waals surface area contributed by atoms with E-state index in [9.17, 15) is 0 Å². The zero-order valence-electron chi connectivity index (χ0n) is 9.80. The Morgan fingerprint density at radius 2 is 1.71 bits per heavy atom. The third kappa shape index (κ3) is 2.24. The first-order valence-electron chi connectivity index (χ1n) is 5.63. The average Bonchev–Trinajstić information content (AvgIpc) is 2.74. The number of rotatable bonds is 3. The molecule has 0 bridgehead atoms. The third-order valence-corrected chi connectivity index (χ3v) is 3.59. The van der Waals surface area contributed by atoms with Crippen LogP contribution in [-0.4, -0.2) is 5.79 Å². The summed E-state index contributed by atoms with van der Waals surface area (Å²) in [6.45, 7) is 4.04. The van der Waals surface area contributed by atoms with Crippen molar-refractivity contribution in [3.05, 3.63) is 40.1 Å². The van der Waals surface area contributed by atoms with Gasteiger partial charge in [0, 0.05) is 12.8 Å². The number of benzene rings is 1. The van der Waals surface area contributed by atoms with E-state index in [-0.39, 0.29) is 0 Å². The summed E-state index contributed by atoms with van der Waals surface area (Å²) in [5.41, 5.74) is 0.694. The predicted octanol–water partition coefficient (Wildman–Crippen LogP) is 4.85. The zero-order valence-corrected chi connectivity index (χ0v) is 11.3. The summed E-state index contributed by atoms with van der Waals surface area (Å²) < 4.78 is 11.5. The first kappa shape index (κ1) is 12.6. The minimum absolute atomic E-state index is 0.565.